The Morgan fingerprint density at radius 2 is 1.80 bits per heavy atom. The molecule has 13 heteroatoms. The fraction of sp³-hybridized carbons (Fsp3) is 0.375. The molecule has 2 amide bonds. The van der Waals surface area contributed by atoms with Crippen LogP contribution >= 0.6 is 0 Å². The maximum absolute atomic E-state index is 14.5. The molecule has 0 radical (unpaired) electrons. The molecule has 2 aliphatic heterocycles. The Bertz CT molecular complexity index is 1740. The van der Waals surface area contributed by atoms with Crippen LogP contribution in [0.4, 0.5) is 4.39 Å². The van der Waals surface area contributed by atoms with Crippen molar-refractivity contribution >= 4 is 28.8 Å². The number of ether oxygens (including phenoxy) is 2. The summed E-state index contributed by atoms with van der Waals surface area (Å²) in [4.78, 5) is 46.9. The molecule has 45 heavy (non-hydrogen) atoms. The number of piperazine rings is 1. The minimum Gasteiger partial charge on any atom is -0.483 e. The molecule has 2 saturated heterocycles. The third kappa shape index (κ3) is 6.54. The first-order chi connectivity index (χ1) is 21.7. The lowest BCUT2D eigenvalue weighted by molar-refractivity contribution is -0.0592. The second-order valence-electron chi connectivity index (χ2n) is 11.4. The van der Waals surface area contributed by atoms with Crippen LogP contribution in [0.3, 0.4) is 0 Å². The number of hydrogen-bond acceptors (Lipinski definition) is 8. The molecular weight excluding hydrogens is 585 g/mol. The van der Waals surface area contributed by atoms with Crippen LogP contribution in [-0.2, 0) is 24.4 Å². The third-order valence-electron chi connectivity index (χ3n) is 8.11. The number of aromatic carboxylic acids is 1. The van der Waals surface area contributed by atoms with E-state index in [9.17, 15) is 23.9 Å². The summed E-state index contributed by atoms with van der Waals surface area (Å²) in [6.07, 6.45) is 1.02. The zero-order valence-corrected chi connectivity index (χ0v) is 25.1. The minimum atomic E-state index is -0.985. The molecule has 0 unspecified atom stereocenters. The van der Waals surface area contributed by atoms with E-state index in [2.05, 4.69) is 9.47 Å². The highest BCUT2D eigenvalue weighted by molar-refractivity contribution is 5.94. The topological polar surface area (TPSA) is 131 Å². The van der Waals surface area contributed by atoms with E-state index in [0.717, 1.165) is 36.0 Å². The predicted octanol–water partition coefficient (Wildman–Crippen LogP) is 3.49. The maximum atomic E-state index is 14.5. The van der Waals surface area contributed by atoms with Crippen molar-refractivity contribution in [2.75, 3.05) is 46.9 Å². The van der Waals surface area contributed by atoms with E-state index in [0.29, 0.717) is 45.0 Å². The fourth-order valence-electron chi connectivity index (χ4n) is 5.46. The highest BCUT2D eigenvalue weighted by Gasteiger charge is 2.27. The van der Waals surface area contributed by atoms with Crippen molar-refractivity contribution in [2.24, 2.45) is 0 Å². The van der Waals surface area contributed by atoms with Crippen LogP contribution < -0.4 is 4.74 Å². The van der Waals surface area contributed by atoms with Gasteiger partial charge in [0.2, 0.25) is 0 Å². The molecule has 2 aromatic carbocycles. The molecule has 6 rings (SSSR count). The van der Waals surface area contributed by atoms with E-state index >= 15 is 0 Å². The van der Waals surface area contributed by atoms with Gasteiger partial charge in [0.25, 0.3) is 11.8 Å². The zero-order valence-electron chi connectivity index (χ0n) is 25.1. The molecular formula is C32H34FN5O7. The summed E-state index contributed by atoms with van der Waals surface area (Å²) in [5.41, 5.74) is 1.93. The fourth-order valence-corrected chi connectivity index (χ4v) is 5.46. The molecule has 12 nitrogen and oxygen atoms in total. The lowest BCUT2D eigenvalue weighted by Gasteiger charge is -2.34. The summed E-state index contributed by atoms with van der Waals surface area (Å²) in [5.74, 6) is -0.868. The van der Waals surface area contributed by atoms with Crippen molar-refractivity contribution in [3.05, 3.63) is 82.8 Å². The number of hydrogen-bond donors (Lipinski definition) is 1. The highest BCUT2D eigenvalue weighted by Crippen LogP contribution is 2.25. The summed E-state index contributed by atoms with van der Waals surface area (Å²) in [7, 11) is 3.18. The summed E-state index contributed by atoms with van der Waals surface area (Å²) < 4.78 is 33.5. The van der Waals surface area contributed by atoms with Gasteiger partial charge in [-0.2, -0.15) is 0 Å². The first kappa shape index (κ1) is 30.3. The highest BCUT2D eigenvalue weighted by atomic mass is 19.1. The number of carboxylic acids is 1. The number of amides is 2. The van der Waals surface area contributed by atoms with E-state index < -0.39 is 11.8 Å². The number of carbonyl (C=O) groups is 3. The Morgan fingerprint density at radius 1 is 1.04 bits per heavy atom. The van der Waals surface area contributed by atoms with Crippen LogP contribution in [0.1, 0.15) is 49.3 Å². The van der Waals surface area contributed by atoms with Crippen molar-refractivity contribution in [1.82, 2.24) is 24.3 Å². The average Bonchev–Trinajstić information content (AvgIpc) is 3.62. The zero-order chi connectivity index (χ0) is 31.7. The molecule has 236 valence electrons. The van der Waals surface area contributed by atoms with Gasteiger partial charge in [-0.15, -0.1) is 0 Å². The second kappa shape index (κ2) is 12.7. The van der Waals surface area contributed by atoms with Crippen molar-refractivity contribution in [3.63, 3.8) is 0 Å². The number of furan rings is 1. The number of carbonyl (C=O) groups excluding carboxylic acids is 2. The van der Waals surface area contributed by atoms with Crippen LogP contribution in [0.15, 0.2) is 52.9 Å². The molecule has 2 fully saturated rings. The quantitative estimate of drug-likeness (QED) is 0.284. The Hall–Kier alpha value is -4.75. The van der Waals surface area contributed by atoms with Crippen molar-refractivity contribution in [2.45, 2.75) is 32.2 Å². The summed E-state index contributed by atoms with van der Waals surface area (Å²) >= 11 is 0. The number of halogens is 1. The van der Waals surface area contributed by atoms with Gasteiger partial charge >= 0.3 is 5.97 Å². The first-order valence-electron chi connectivity index (χ1n) is 14.7. The number of benzene rings is 2. The lowest BCUT2D eigenvalue weighted by atomic mass is 10.1. The summed E-state index contributed by atoms with van der Waals surface area (Å²) in [5, 5.41) is 9.49. The minimum absolute atomic E-state index is 0.0261. The van der Waals surface area contributed by atoms with Gasteiger partial charge in [0.05, 0.1) is 35.8 Å². The van der Waals surface area contributed by atoms with Gasteiger partial charge in [0.15, 0.2) is 17.3 Å². The van der Waals surface area contributed by atoms with E-state index in [1.807, 2.05) is 0 Å². The van der Waals surface area contributed by atoms with Gasteiger partial charge in [-0.25, -0.2) is 14.2 Å². The molecule has 2 aromatic heterocycles. The van der Waals surface area contributed by atoms with Gasteiger partial charge in [-0.05, 0) is 55.0 Å². The Morgan fingerprint density at radius 3 is 2.47 bits per heavy atom. The van der Waals surface area contributed by atoms with Crippen LogP contribution in [0.5, 0.6) is 5.75 Å². The number of fused-ring (bicyclic) bond motifs is 1. The normalized spacial score (nSPS) is 16.9. The van der Waals surface area contributed by atoms with Crippen LogP contribution in [0.2, 0.25) is 0 Å². The number of carboxylic acid groups (broad SMARTS) is 1. The molecule has 0 spiro atoms. The maximum Gasteiger partial charge on any atom is 0.335 e. The predicted molar refractivity (Wildman–Crippen MR) is 160 cm³/mol. The summed E-state index contributed by atoms with van der Waals surface area (Å²) in [6.45, 7) is 4.02. The van der Waals surface area contributed by atoms with Crippen molar-refractivity contribution < 1.29 is 37.8 Å². The van der Waals surface area contributed by atoms with Crippen LogP contribution in [-0.4, -0.2) is 100 Å². The van der Waals surface area contributed by atoms with Crippen LogP contribution in [0, 0.1) is 5.82 Å². The number of nitrogens with zero attached hydrogens (tertiary/aromatic N) is 5. The standard InChI is InChI=1S/C32H34FN5O7/c1-35(2)30(39)20-4-7-27(24(33)15-20)44-19-23-5-8-28(45-23)31(40)37-12-10-36(11-13-37)18-29-34-25-6-3-21(32(41)42)16-26(25)38(29)17-22-9-14-43-22/h3-8,15-16,22H,9-14,17-19H2,1-2H3,(H,41,42)/t22-/m0/s1. The lowest BCUT2D eigenvalue weighted by Crippen LogP contribution is -2.48. The Balaban J connectivity index is 1.05. The van der Waals surface area contributed by atoms with E-state index in [4.69, 9.17) is 18.9 Å². The van der Waals surface area contributed by atoms with E-state index in [-0.39, 0.29) is 47.2 Å². The van der Waals surface area contributed by atoms with E-state index in [1.165, 1.54) is 17.0 Å². The summed E-state index contributed by atoms with van der Waals surface area (Å²) in [6, 6.07) is 12.2. The molecule has 0 bridgehead atoms. The van der Waals surface area contributed by atoms with E-state index in [1.54, 1.807) is 49.3 Å². The van der Waals surface area contributed by atoms with Gasteiger partial charge in [-0.3, -0.25) is 14.5 Å². The van der Waals surface area contributed by atoms with Gasteiger partial charge < -0.3 is 33.4 Å². The van der Waals surface area contributed by atoms with Gasteiger partial charge in [0, 0.05) is 52.4 Å². The largest absolute Gasteiger partial charge is 0.483 e. The number of imidazole rings is 1. The third-order valence-corrected chi connectivity index (χ3v) is 8.11. The molecule has 4 heterocycles. The molecule has 2 aliphatic rings. The monoisotopic (exact) mass is 619 g/mol. The Kier molecular flexibility index (Phi) is 8.55. The smallest absolute Gasteiger partial charge is 0.335 e. The van der Waals surface area contributed by atoms with Crippen molar-refractivity contribution in [3.8, 4) is 5.75 Å². The van der Waals surface area contributed by atoms with Crippen LogP contribution in [0.25, 0.3) is 11.0 Å². The number of aromatic nitrogens is 2. The Labute approximate surface area is 258 Å². The molecule has 1 N–H and O–H groups in total. The second-order valence-corrected chi connectivity index (χ2v) is 11.4. The van der Waals surface area contributed by atoms with Crippen molar-refractivity contribution in [1.29, 1.82) is 0 Å². The molecule has 0 saturated carbocycles. The molecule has 0 aliphatic carbocycles. The number of rotatable bonds is 10. The SMILES string of the molecule is CN(C)C(=O)c1ccc(OCc2ccc(C(=O)N3CCN(Cc4nc5ccc(C(=O)O)cc5n4C[C@@H]4CCO4)CC3)o2)c(F)c1. The van der Waals surface area contributed by atoms with Gasteiger partial charge in [-0.1, -0.05) is 0 Å². The molecule has 1 atom stereocenters. The van der Waals surface area contributed by atoms with Gasteiger partial charge in [0.1, 0.15) is 18.2 Å². The molecule has 4 aromatic rings. The first-order valence-corrected chi connectivity index (χ1v) is 14.7. The average molecular weight is 620 g/mol.